The molecule has 0 fully saturated rings. The van der Waals surface area contributed by atoms with Gasteiger partial charge in [0.1, 0.15) is 4.90 Å². The van der Waals surface area contributed by atoms with Crippen molar-refractivity contribution >= 4 is 31.8 Å². The molecule has 2 aromatic rings. The van der Waals surface area contributed by atoms with Crippen molar-refractivity contribution < 1.29 is 13.5 Å². The van der Waals surface area contributed by atoms with Gasteiger partial charge < -0.3 is 5.11 Å². The van der Waals surface area contributed by atoms with Crippen LogP contribution >= 0.6 is 15.9 Å². The minimum atomic E-state index is -3.84. The van der Waals surface area contributed by atoms with Gasteiger partial charge in [-0.05, 0) is 41.1 Å². The van der Waals surface area contributed by atoms with Crippen LogP contribution in [0.1, 0.15) is 5.69 Å². The fourth-order valence-electron chi connectivity index (χ4n) is 1.35. The minimum absolute atomic E-state index is 0.0235. The van der Waals surface area contributed by atoms with Gasteiger partial charge in [-0.1, -0.05) is 0 Å². The number of rotatable bonds is 3. The summed E-state index contributed by atoms with van der Waals surface area (Å²) in [7, 11) is -3.84. The highest BCUT2D eigenvalue weighted by molar-refractivity contribution is 9.10. The normalized spacial score (nSPS) is 11.3. The summed E-state index contributed by atoms with van der Waals surface area (Å²) >= 11 is 3.15. The van der Waals surface area contributed by atoms with Gasteiger partial charge in [0.05, 0.1) is 0 Å². The Morgan fingerprint density at radius 2 is 2.05 bits per heavy atom. The lowest BCUT2D eigenvalue weighted by Gasteiger charge is -2.09. The summed E-state index contributed by atoms with van der Waals surface area (Å²) in [5, 5.41) is 9.59. The monoisotopic (exact) mass is 343 g/mol. The smallest absolute Gasteiger partial charge is 0.264 e. The van der Waals surface area contributed by atoms with Gasteiger partial charge in [0.25, 0.3) is 10.0 Å². The summed E-state index contributed by atoms with van der Waals surface area (Å²) < 4.78 is 26.9. The number of nitrogens with one attached hydrogen (secondary N) is 1. The third kappa shape index (κ3) is 3.21. The molecule has 0 saturated heterocycles. The first-order valence-electron chi connectivity index (χ1n) is 5.18. The fraction of sp³-hybridized carbons (Fsp3) is 0.0909. The zero-order valence-electron chi connectivity index (χ0n) is 9.83. The molecule has 0 aliphatic rings. The summed E-state index contributed by atoms with van der Waals surface area (Å²) in [6.45, 7) is 1.69. The first kappa shape index (κ1) is 13.8. The number of aromatic nitrogens is 2. The number of hydrogen-bond acceptors (Lipinski definition) is 5. The average molecular weight is 344 g/mol. The maximum Gasteiger partial charge on any atom is 0.264 e. The molecule has 2 rings (SSSR count). The van der Waals surface area contributed by atoms with Crippen LogP contribution in [0.2, 0.25) is 0 Å². The Hall–Kier alpha value is -1.67. The summed E-state index contributed by atoms with van der Waals surface area (Å²) in [6, 6.07) is 4.36. The maximum absolute atomic E-state index is 12.1. The van der Waals surface area contributed by atoms with Crippen molar-refractivity contribution in [3.63, 3.8) is 0 Å². The summed E-state index contributed by atoms with van der Waals surface area (Å²) in [4.78, 5) is 7.69. The Balaban J connectivity index is 2.39. The first-order chi connectivity index (χ1) is 8.88. The molecule has 0 spiro atoms. The predicted octanol–water partition coefficient (Wildman–Crippen LogP) is 2.05. The third-order valence-electron chi connectivity index (χ3n) is 2.23. The lowest BCUT2D eigenvalue weighted by atomic mass is 10.3. The summed E-state index contributed by atoms with van der Waals surface area (Å²) in [5.41, 5.74) is 0.586. The Labute approximate surface area is 118 Å². The van der Waals surface area contributed by atoms with Gasteiger partial charge >= 0.3 is 0 Å². The SMILES string of the molecule is Cc1ccc(O)c(NS(=O)(=O)c2cncc(Br)c2)n1. The van der Waals surface area contributed by atoms with E-state index in [2.05, 4.69) is 30.6 Å². The van der Waals surface area contributed by atoms with Gasteiger partial charge in [0.15, 0.2) is 11.6 Å². The van der Waals surface area contributed by atoms with Gasteiger partial charge in [-0.3, -0.25) is 9.71 Å². The molecule has 0 atom stereocenters. The zero-order chi connectivity index (χ0) is 14.0. The number of pyridine rings is 2. The van der Waals surface area contributed by atoms with Crippen LogP contribution in [0.15, 0.2) is 40.0 Å². The molecule has 0 bridgehead atoms. The highest BCUT2D eigenvalue weighted by Gasteiger charge is 2.17. The first-order valence-corrected chi connectivity index (χ1v) is 7.46. The molecule has 0 amide bonds. The van der Waals surface area contributed by atoms with Crippen molar-refractivity contribution in [2.45, 2.75) is 11.8 Å². The van der Waals surface area contributed by atoms with Gasteiger partial charge in [0.2, 0.25) is 0 Å². The van der Waals surface area contributed by atoms with Crippen LogP contribution in [0.25, 0.3) is 0 Å². The Morgan fingerprint density at radius 3 is 2.74 bits per heavy atom. The van der Waals surface area contributed by atoms with E-state index in [9.17, 15) is 13.5 Å². The van der Waals surface area contributed by atoms with Crippen LogP contribution in [0.3, 0.4) is 0 Å². The molecule has 2 aromatic heterocycles. The van der Waals surface area contributed by atoms with Crippen LogP contribution < -0.4 is 4.72 Å². The molecular formula is C11H10BrN3O3S. The van der Waals surface area contributed by atoms with Crippen molar-refractivity contribution in [3.05, 3.63) is 40.8 Å². The van der Waals surface area contributed by atoms with Crippen LogP contribution in [0.5, 0.6) is 5.75 Å². The maximum atomic E-state index is 12.1. The highest BCUT2D eigenvalue weighted by Crippen LogP contribution is 2.24. The number of halogens is 1. The molecule has 100 valence electrons. The Morgan fingerprint density at radius 1 is 1.32 bits per heavy atom. The number of hydrogen-bond donors (Lipinski definition) is 2. The van der Waals surface area contributed by atoms with Crippen LogP contribution in [-0.4, -0.2) is 23.5 Å². The fourth-order valence-corrected chi connectivity index (χ4v) is 2.87. The summed E-state index contributed by atoms with van der Waals surface area (Å²) in [6.07, 6.45) is 2.68. The minimum Gasteiger partial charge on any atom is -0.504 e. The molecular weight excluding hydrogens is 334 g/mol. The van der Waals surface area contributed by atoms with E-state index in [1.807, 2.05) is 0 Å². The lowest BCUT2D eigenvalue weighted by molar-refractivity contribution is 0.475. The molecule has 0 aliphatic carbocycles. The van der Waals surface area contributed by atoms with Gasteiger partial charge in [-0.25, -0.2) is 13.4 Å². The molecule has 2 heterocycles. The number of anilines is 1. The molecule has 8 heteroatoms. The van der Waals surface area contributed by atoms with E-state index in [4.69, 9.17) is 0 Å². The Bertz CT molecular complexity index is 719. The van der Waals surface area contributed by atoms with E-state index in [-0.39, 0.29) is 16.5 Å². The quantitative estimate of drug-likeness (QED) is 0.889. The third-order valence-corrected chi connectivity index (χ3v) is 3.97. The second-order valence-electron chi connectivity index (χ2n) is 3.76. The second kappa shape index (κ2) is 5.14. The topological polar surface area (TPSA) is 92.2 Å². The molecule has 0 radical (unpaired) electrons. The van der Waals surface area contributed by atoms with Crippen molar-refractivity contribution in [2.24, 2.45) is 0 Å². The molecule has 0 aromatic carbocycles. The second-order valence-corrected chi connectivity index (χ2v) is 6.36. The number of nitrogens with zero attached hydrogens (tertiary/aromatic N) is 2. The summed E-state index contributed by atoms with van der Waals surface area (Å²) in [5.74, 6) is -0.350. The van der Waals surface area contributed by atoms with Crippen LogP contribution in [0, 0.1) is 6.92 Å². The Kier molecular flexibility index (Phi) is 3.72. The van der Waals surface area contributed by atoms with E-state index in [1.165, 1.54) is 24.5 Å². The molecule has 0 saturated carbocycles. The van der Waals surface area contributed by atoms with Gasteiger partial charge in [0, 0.05) is 22.6 Å². The zero-order valence-corrected chi connectivity index (χ0v) is 12.2. The van der Waals surface area contributed by atoms with E-state index < -0.39 is 10.0 Å². The van der Waals surface area contributed by atoms with E-state index >= 15 is 0 Å². The number of aromatic hydroxyl groups is 1. The average Bonchev–Trinajstić information content (AvgIpc) is 2.33. The standard InChI is InChI=1S/C11H10BrN3O3S/c1-7-2-3-10(16)11(14-7)15-19(17,18)9-4-8(12)5-13-6-9/h2-6,16H,1H3,(H,14,15). The molecule has 2 N–H and O–H groups in total. The van der Waals surface area contributed by atoms with Crippen LogP contribution in [-0.2, 0) is 10.0 Å². The molecule has 0 unspecified atom stereocenters. The van der Waals surface area contributed by atoms with Crippen molar-refractivity contribution in [3.8, 4) is 5.75 Å². The van der Waals surface area contributed by atoms with E-state index in [1.54, 1.807) is 13.0 Å². The van der Waals surface area contributed by atoms with E-state index in [0.717, 1.165) is 0 Å². The van der Waals surface area contributed by atoms with Crippen molar-refractivity contribution in [1.29, 1.82) is 0 Å². The van der Waals surface area contributed by atoms with E-state index in [0.29, 0.717) is 10.2 Å². The van der Waals surface area contributed by atoms with Crippen molar-refractivity contribution in [1.82, 2.24) is 9.97 Å². The number of aryl methyl sites for hydroxylation is 1. The molecule has 19 heavy (non-hydrogen) atoms. The largest absolute Gasteiger partial charge is 0.504 e. The van der Waals surface area contributed by atoms with Gasteiger partial charge in [-0.2, -0.15) is 0 Å². The van der Waals surface area contributed by atoms with Crippen molar-refractivity contribution in [2.75, 3.05) is 4.72 Å². The predicted molar refractivity (Wildman–Crippen MR) is 73.4 cm³/mol. The van der Waals surface area contributed by atoms with Gasteiger partial charge in [-0.15, -0.1) is 0 Å². The van der Waals surface area contributed by atoms with Crippen LogP contribution in [0.4, 0.5) is 5.82 Å². The molecule has 6 nitrogen and oxygen atoms in total. The number of sulfonamides is 1. The highest BCUT2D eigenvalue weighted by atomic mass is 79.9. The molecule has 0 aliphatic heterocycles. The lowest BCUT2D eigenvalue weighted by Crippen LogP contribution is -2.14.